The molecule has 0 saturated heterocycles. The molecule has 0 bridgehead atoms. The third kappa shape index (κ3) is 6.55. The van der Waals surface area contributed by atoms with Gasteiger partial charge < -0.3 is 4.90 Å². The Hall–Kier alpha value is -6.70. The second-order valence-corrected chi connectivity index (χ2v) is 18.8. The van der Waals surface area contributed by atoms with E-state index in [0.29, 0.717) is 0 Å². The molecule has 1 nitrogen and oxygen atoms in total. The molecule has 0 aliphatic heterocycles. The number of anilines is 2. The van der Waals surface area contributed by atoms with E-state index in [9.17, 15) is 0 Å². The van der Waals surface area contributed by atoms with Crippen LogP contribution in [0.15, 0.2) is 206 Å². The van der Waals surface area contributed by atoms with E-state index in [1.54, 1.807) is 0 Å². The summed E-state index contributed by atoms with van der Waals surface area (Å²) in [7, 11) is 0. The van der Waals surface area contributed by atoms with Gasteiger partial charge in [0.1, 0.15) is 0 Å². The minimum atomic E-state index is -0.202. The van der Waals surface area contributed by atoms with Gasteiger partial charge in [0.2, 0.25) is 0 Å². The molecule has 0 aromatic heterocycles. The molecule has 0 heterocycles. The van der Waals surface area contributed by atoms with Crippen molar-refractivity contribution in [2.75, 3.05) is 4.90 Å². The molecule has 2 aliphatic carbocycles. The Morgan fingerprint density at radius 1 is 0.475 bits per heavy atom. The van der Waals surface area contributed by atoms with E-state index in [4.69, 9.17) is 0 Å². The third-order valence-electron chi connectivity index (χ3n) is 13.5. The first-order valence-electron chi connectivity index (χ1n) is 21.8. The average Bonchev–Trinajstić information content (AvgIpc) is 3.53. The van der Waals surface area contributed by atoms with Crippen molar-refractivity contribution in [3.63, 3.8) is 0 Å². The lowest BCUT2D eigenvalue weighted by Gasteiger charge is -2.36. The second-order valence-electron chi connectivity index (χ2n) is 18.8. The monoisotopic (exact) mass is 787 g/mol. The molecule has 298 valence electrons. The quantitative estimate of drug-likeness (QED) is 0.155. The van der Waals surface area contributed by atoms with Crippen molar-refractivity contribution in [1.82, 2.24) is 0 Å². The van der Waals surface area contributed by atoms with E-state index in [1.165, 1.54) is 83.2 Å². The van der Waals surface area contributed by atoms with Gasteiger partial charge in [-0.15, -0.1) is 0 Å². The van der Waals surface area contributed by atoms with Crippen LogP contribution in [0, 0.1) is 0 Å². The Bertz CT molecular complexity index is 3010. The highest BCUT2D eigenvalue weighted by molar-refractivity contribution is 6.09. The molecule has 0 amide bonds. The summed E-state index contributed by atoms with van der Waals surface area (Å²) in [5, 5.41) is 2.49. The van der Waals surface area contributed by atoms with Gasteiger partial charge >= 0.3 is 0 Å². The highest BCUT2D eigenvalue weighted by Crippen LogP contribution is 2.54. The first-order valence-corrected chi connectivity index (χ1v) is 21.8. The van der Waals surface area contributed by atoms with Crippen molar-refractivity contribution in [3.8, 4) is 44.5 Å². The molecule has 0 N–H and O–H groups in total. The molecule has 1 unspecified atom stereocenters. The topological polar surface area (TPSA) is 3.24 Å². The van der Waals surface area contributed by atoms with Crippen molar-refractivity contribution in [3.05, 3.63) is 228 Å². The molecule has 0 saturated carbocycles. The molecule has 2 aliphatic rings. The third-order valence-corrected chi connectivity index (χ3v) is 13.5. The molecule has 0 radical (unpaired) electrons. The molecule has 0 fully saturated rings. The van der Waals surface area contributed by atoms with E-state index in [0.717, 1.165) is 17.8 Å². The fourth-order valence-electron chi connectivity index (χ4n) is 10.1. The van der Waals surface area contributed by atoms with E-state index in [1.807, 2.05) is 0 Å². The van der Waals surface area contributed by atoms with E-state index < -0.39 is 0 Å². The Kier molecular flexibility index (Phi) is 9.33. The molecular weight excluding hydrogens is 735 g/mol. The SMILES string of the molecule is CC(C)(C)c1ccc(N(C2=CCC(C)(c3cccc4c3-c3ccccc3C4(C)C)C=C2)c2ccccc2-c2cccc3cccc(-c4ccccc4)c23)c(-c2ccccc2)c1. The molecule has 8 aromatic rings. The molecule has 10 rings (SSSR count). The summed E-state index contributed by atoms with van der Waals surface area (Å²) >= 11 is 0. The number of fused-ring (bicyclic) bond motifs is 4. The predicted molar refractivity (Wildman–Crippen MR) is 261 cm³/mol. The van der Waals surface area contributed by atoms with Crippen molar-refractivity contribution in [1.29, 1.82) is 0 Å². The molecule has 1 atom stereocenters. The summed E-state index contributed by atoms with van der Waals surface area (Å²) in [6.07, 6.45) is 8.24. The minimum Gasteiger partial charge on any atom is -0.310 e. The number of benzene rings is 8. The molecule has 0 spiro atoms. The summed E-state index contributed by atoms with van der Waals surface area (Å²) in [6, 6.07) is 67.4. The highest BCUT2D eigenvalue weighted by atomic mass is 15.2. The number of allylic oxidation sites excluding steroid dienone is 3. The van der Waals surface area contributed by atoms with Gasteiger partial charge in [-0.05, 0) is 103 Å². The first-order chi connectivity index (χ1) is 29.5. The maximum atomic E-state index is 2.54. The van der Waals surface area contributed by atoms with Crippen LogP contribution in [0.4, 0.5) is 11.4 Å². The predicted octanol–water partition coefficient (Wildman–Crippen LogP) is 16.4. The minimum absolute atomic E-state index is 0.0173. The summed E-state index contributed by atoms with van der Waals surface area (Å²) < 4.78 is 0. The van der Waals surface area contributed by atoms with Crippen molar-refractivity contribution >= 4 is 22.1 Å². The standard InChI is InChI=1S/C60H53N/c1-58(2,3)44-34-35-55(50(40-44)42-22-11-8-12-23-42)61(45-36-38-60(6,39-37-45)53-32-19-31-52-57(53)49-27-13-15-30-51(49)59(52,4)5)54-33-16-14-26-47(54)48-29-18-25-43-24-17-28-46(56(43)48)41-20-9-7-10-21-41/h7-38,40H,39H2,1-6H3. The molecule has 8 aromatic carbocycles. The largest absolute Gasteiger partial charge is 0.310 e. The van der Waals surface area contributed by atoms with Crippen molar-refractivity contribution < 1.29 is 0 Å². The van der Waals surface area contributed by atoms with Crippen LogP contribution >= 0.6 is 0 Å². The normalized spacial score (nSPS) is 16.5. The van der Waals surface area contributed by atoms with Gasteiger partial charge in [0, 0.05) is 27.7 Å². The van der Waals surface area contributed by atoms with Crippen LogP contribution in [-0.2, 0) is 16.2 Å². The fraction of sp³-hybridized carbons (Fsp3) is 0.167. The van der Waals surface area contributed by atoms with Crippen LogP contribution in [0.1, 0.15) is 70.2 Å². The summed E-state index contributed by atoms with van der Waals surface area (Å²) in [5.41, 5.74) is 18.8. The fourth-order valence-corrected chi connectivity index (χ4v) is 10.1. The Balaban J connectivity index is 1.19. The van der Waals surface area contributed by atoms with E-state index >= 15 is 0 Å². The van der Waals surface area contributed by atoms with Gasteiger partial charge in [0.05, 0.1) is 11.4 Å². The van der Waals surface area contributed by atoms with Crippen LogP contribution in [0.2, 0.25) is 0 Å². The van der Waals surface area contributed by atoms with Gasteiger partial charge in [-0.25, -0.2) is 0 Å². The zero-order chi connectivity index (χ0) is 41.9. The first kappa shape index (κ1) is 38.5. The van der Waals surface area contributed by atoms with Crippen molar-refractivity contribution in [2.24, 2.45) is 0 Å². The average molecular weight is 788 g/mol. The Morgan fingerprint density at radius 3 is 1.72 bits per heavy atom. The van der Waals surface area contributed by atoms with Gasteiger partial charge in [-0.3, -0.25) is 0 Å². The number of nitrogens with zero attached hydrogens (tertiary/aromatic N) is 1. The van der Waals surface area contributed by atoms with Crippen LogP contribution < -0.4 is 4.90 Å². The second kappa shape index (κ2) is 14.8. The maximum Gasteiger partial charge on any atom is 0.0540 e. The molecule has 1 heteroatoms. The lowest BCUT2D eigenvalue weighted by Crippen LogP contribution is -2.26. The zero-order valence-corrected chi connectivity index (χ0v) is 36.2. The number of para-hydroxylation sites is 1. The zero-order valence-electron chi connectivity index (χ0n) is 36.2. The number of rotatable bonds is 7. The summed E-state index contributed by atoms with van der Waals surface area (Å²) in [6.45, 7) is 14.1. The highest BCUT2D eigenvalue weighted by Gasteiger charge is 2.40. The van der Waals surface area contributed by atoms with Gasteiger partial charge in [-0.1, -0.05) is 217 Å². The Morgan fingerprint density at radius 2 is 1.03 bits per heavy atom. The lowest BCUT2D eigenvalue weighted by molar-refractivity contribution is 0.590. The van der Waals surface area contributed by atoms with Crippen LogP contribution in [0.25, 0.3) is 55.3 Å². The number of hydrogen-bond donors (Lipinski definition) is 0. The van der Waals surface area contributed by atoms with Gasteiger partial charge in [-0.2, -0.15) is 0 Å². The smallest absolute Gasteiger partial charge is 0.0540 e. The maximum absolute atomic E-state index is 2.54. The number of hydrogen-bond acceptors (Lipinski definition) is 1. The summed E-state index contributed by atoms with van der Waals surface area (Å²) in [5.74, 6) is 0. The summed E-state index contributed by atoms with van der Waals surface area (Å²) in [4.78, 5) is 2.54. The van der Waals surface area contributed by atoms with Gasteiger partial charge in [0.15, 0.2) is 0 Å². The molecular formula is C60H53N. The van der Waals surface area contributed by atoms with E-state index in [2.05, 4.69) is 247 Å². The van der Waals surface area contributed by atoms with Crippen LogP contribution in [0.5, 0.6) is 0 Å². The van der Waals surface area contributed by atoms with Crippen LogP contribution in [0.3, 0.4) is 0 Å². The van der Waals surface area contributed by atoms with E-state index in [-0.39, 0.29) is 16.2 Å². The van der Waals surface area contributed by atoms with Crippen LogP contribution in [-0.4, -0.2) is 0 Å². The van der Waals surface area contributed by atoms with Gasteiger partial charge in [0.25, 0.3) is 0 Å². The Labute approximate surface area is 362 Å². The van der Waals surface area contributed by atoms with Crippen molar-refractivity contribution in [2.45, 2.75) is 64.2 Å². The lowest BCUT2D eigenvalue weighted by atomic mass is 9.73. The molecule has 61 heavy (non-hydrogen) atoms.